The number of hydrogen-bond donors (Lipinski definition) is 1. The van der Waals surface area contributed by atoms with E-state index in [2.05, 4.69) is 9.97 Å². The molecular formula is C21H24N4O2. The van der Waals surface area contributed by atoms with Gasteiger partial charge in [-0.15, -0.1) is 0 Å². The summed E-state index contributed by atoms with van der Waals surface area (Å²) in [6, 6.07) is 11.3. The molecule has 2 aromatic heterocycles. The van der Waals surface area contributed by atoms with Crippen molar-refractivity contribution in [1.29, 1.82) is 0 Å². The third-order valence-corrected chi connectivity index (χ3v) is 5.59. The average molecular weight is 364 g/mol. The van der Waals surface area contributed by atoms with E-state index in [4.69, 9.17) is 0 Å². The summed E-state index contributed by atoms with van der Waals surface area (Å²) in [5.74, 6) is 1.32. The number of hydrogen-bond acceptors (Lipinski definition) is 3. The van der Waals surface area contributed by atoms with Gasteiger partial charge in [0.2, 0.25) is 11.5 Å². The third kappa shape index (κ3) is 3.27. The number of carbonyl (C=O) groups is 1. The summed E-state index contributed by atoms with van der Waals surface area (Å²) >= 11 is 0. The largest absolute Gasteiger partial charge is 0.341 e. The van der Waals surface area contributed by atoms with E-state index in [1.807, 2.05) is 53.6 Å². The van der Waals surface area contributed by atoms with Crippen LogP contribution >= 0.6 is 0 Å². The fourth-order valence-corrected chi connectivity index (χ4v) is 4.18. The Kier molecular flexibility index (Phi) is 4.56. The fraction of sp³-hybridized carbons (Fsp3) is 0.381. The van der Waals surface area contributed by atoms with Crippen molar-refractivity contribution in [3.8, 4) is 0 Å². The quantitative estimate of drug-likeness (QED) is 0.777. The molecular weight excluding hydrogens is 340 g/mol. The first-order chi connectivity index (χ1) is 13.0. The standard InChI is InChI=1S/C21H24N4O2/c1-14(25-15(2)23-18-5-3-4-6-19(18)25)21(27)24-11-8-16(9-12-24)17-7-10-22-20(26)13-17/h3-7,10,13-14,16H,8-9,11-12H2,1-2H3,(H,22,26). The number of rotatable bonds is 3. The number of piperidine rings is 1. The molecule has 1 N–H and O–H groups in total. The topological polar surface area (TPSA) is 71.0 Å². The van der Waals surface area contributed by atoms with Gasteiger partial charge in [0.1, 0.15) is 11.9 Å². The van der Waals surface area contributed by atoms with Gasteiger partial charge in [-0.3, -0.25) is 9.59 Å². The Bertz CT molecular complexity index is 1030. The second kappa shape index (κ2) is 7.02. The van der Waals surface area contributed by atoms with Crippen LogP contribution in [0, 0.1) is 6.92 Å². The second-order valence-corrected chi connectivity index (χ2v) is 7.28. The molecule has 6 nitrogen and oxygen atoms in total. The summed E-state index contributed by atoms with van der Waals surface area (Å²) in [6.07, 6.45) is 3.46. The smallest absolute Gasteiger partial charge is 0.248 e. The number of amides is 1. The van der Waals surface area contributed by atoms with Gasteiger partial charge in [0.05, 0.1) is 11.0 Å². The highest BCUT2D eigenvalue weighted by molar-refractivity contribution is 5.84. The molecule has 1 fully saturated rings. The summed E-state index contributed by atoms with van der Waals surface area (Å²) in [5.41, 5.74) is 2.91. The van der Waals surface area contributed by atoms with E-state index < -0.39 is 0 Å². The number of para-hydroxylation sites is 2. The van der Waals surface area contributed by atoms with Crippen LogP contribution in [0.3, 0.4) is 0 Å². The molecule has 0 spiro atoms. The number of carbonyl (C=O) groups excluding carboxylic acids is 1. The minimum absolute atomic E-state index is 0.0675. The molecule has 1 aliphatic heterocycles. The first kappa shape index (κ1) is 17.5. The normalized spacial score (nSPS) is 16.6. The van der Waals surface area contributed by atoms with Crippen LogP contribution in [-0.2, 0) is 4.79 Å². The minimum atomic E-state index is -0.284. The molecule has 1 amide bonds. The number of fused-ring (bicyclic) bond motifs is 1. The van der Waals surface area contributed by atoms with E-state index in [-0.39, 0.29) is 17.5 Å². The van der Waals surface area contributed by atoms with Crippen LogP contribution in [0.4, 0.5) is 0 Å². The Morgan fingerprint density at radius 3 is 2.70 bits per heavy atom. The lowest BCUT2D eigenvalue weighted by Gasteiger charge is -2.34. The summed E-state index contributed by atoms with van der Waals surface area (Å²) in [5, 5.41) is 0. The van der Waals surface area contributed by atoms with E-state index in [9.17, 15) is 9.59 Å². The van der Waals surface area contributed by atoms with Crippen LogP contribution in [0.5, 0.6) is 0 Å². The molecule has 27 heavy (non-hydrogen) atoms. The van der Waals surface area contributed by atoms with E-state index >= 15 is 0 Å². The zero-order chi connectivity index (χ0) is 19.0. The van der Waals surface area contributed by atoms with Crippen LogP contribution in [0.1, 0.15) is 43.1 Å². The van der Waals surface area contributed by atoms with E-state index in [1.54, 1.807) is 12.3 Å². The lowest BCUT2D eigenvalue weighted by atomic mass is 9.90. The zero-order valence-corrected chi connectivity index (χ0v) is 15.7. The Hall–Kier alpha value is -2.89. The van der Waals surface area contributed by atoms with E-state index in [0.717, 1.165) is 35.3 Å². The molecule has 140 valence electrons. The molecule has 3 heterocycles. The maximum Gasteiger partial charge on any atom is 0.248 e. The minimum Gasteiger partial charge on any atom is -0.341 e. The second-order valence-electron chi connectivity index (χ2n) is 7.28. The molecule has 1 saturated heterocycles. The number of aromatic amines is 1. The fourth-order valence-electron chi connectivity index (χ4n) is 4.18. The highest BCUT2D eigenvalue weighted by Crippen LogP contribution is 2.29. The van der Waals surface area contributed by atoms with E-state index in [0.29, 0.717) is 19.0 Å². The van der Waals surface area contributed by atoms with Crippen molar-refractivity contribution in [3.05, 3.63) is 64.3 Å². The van der Waals surface area contributed by atoms with Gasteiger partial charge in [0.15, 0.2) is 0 Å². The highest BCUT2D eigenvalue weighted by atomic mass is 16.2. The van der Waals surface area contributed by atoms with Gasteiger partial charge in [-0.2, -0.15) is 0 Å². The van der Waals surface area contributed by atoms with Gasteiger partial charge < -0.3 is 14.5 Å². The van der Waals surface area contributed by atoms with Gasteiger partial charge in [0.25, 0.3) is 0 Å². The summed E-state index contributed by atoms with van der Waals surface area (Å²) < 4.78 is 2.03. The van der Waals surface area contributed by atoms with Crippen LogP contribution in [0.15, 0.2) is 47.4 Å². The van der Waals surface area contributed by atoms with Crippen LogP contribution in [-0.4, -0.2) is 38.4 Å². The SMILES string of the molecule is Cc1nc2ccccc2n1C(C)C(=O)N1CCC(c2cc[nH]c(=O)c2)CC1. The summed E-state index contributed by atoms with van der Waals surface area (Å²) in [6.45, 7) is 5.33. The number of likely N-dealkylation sites (tertiary alicyclic amines) is 1. The van der Waals surface area contributed by atoms with Gasteiger partial charge in [-0.1, -0.05) is 12.1 Å². The van der Waals surface area contributed by atoms with Crippen molar-refractivity contribution in [3.63, 3.8) is 0 Å². The number of benzene rings is 1. The number of aromatic nitrogens is 3. The maximum atomic E-state index is 13.1. The van der Waals surface area contributed by atoms with Crippen molar-refractivity contribution < 1.29 is 4.79 Å². The Labute approximate surface area is 157 Å². The van der Waals surface area contributed by atoms with Gasteiger partial charge >= 0.3 is 0 Å². The molecule has 0 aliphatic carbocycles. The number of nitrogens with zero attached hydrogens (tertiary/aromatic N) is 3. The average Bonchev–Trinajstić information content (AvgIpc) is 3.02. The molecule has 0 radical (unpaired) electrons. The summed E-state index contributed by atoms with van der Waals surface area (Å²) in [4.78, 5) is 33.8. The van der Waals surface area contributed by atoms with Crippen molar-refractivity contribution in [2.24, 2.45) is 0 Å². The first-order valence-corrected chi connectivity index (χ1v) is 9.45. The molecule has 3 aromatic rings. The zero-order valence-electron chi connectivity index (χ0n) is 15.7. The molecule has 1 atom stereocenters. The lowest BCUT2D eigenvalue weighted by molar-refractivity contribution is -0.135. The first-order valence-electron chi connectivity index (χ1n) is 9.45. The Balaban J connectivity index is 1.49. The van der Waals surface area contributed by atoms with Crippen molar-refractivity contribution in [2.45, 2.75) is 38.6 Å². The molecule has 1 aromatic carbocycles. The maximum absolute atomic E-state index is 13.1. The van der Waals surface area contributed by atoms with Crippen LogP contribution < -0.4 is 5.56 Å². The van der Waals surface area contributed by atoms with E-state index in [1.165, 1.54) is 0 Å². The highest BCUT2D eigenvalue weighted by Gasteiger charge is 2.29. The van der Waals surface area contributed by atoms with Gasteiger partial charge in [-0.05, 0) is 56.4 Å². The lowest BCUT2D eigenvalue weighted by Crippen LogP contribution is -2.41. The van der Waals surface area contributed by atoms with Gasteiger partial charge in [-0.25, -0.2) is 4.98 Å². The molecule has 1 aliphatic rings. The Morgan fingerprint density at radius 1 is 1.22 bits per heavy atom. The van der Waals surface area contributed by atoms with Crippen molar-refractivity contribution in [2.75, 3.05) is 13.1 Å². The number of nitrogens with one attached hydrogen (secondary N) is 1. The number of imidazole rings is 1. The van der Waals surface area contributed by atoms with Crippen molar-refractivity contribution >= 4 is 16.9 Å². The third-order valence-electron chi connectivity index (χ3n) is 5.59. The monoisotopic (exact) mass is 364 g/mol. The predicted molar refractivity (Wildman–Crippen MR) is 105 cm³/mol. The Morgan fingerprint density at radius 2 is 1.96 bits per heavy atom. The molecule has 1 unspecified atom stereocenters. The van der Waals surface area contributed by atoms with Crippen molar-refractivity contribution in [1.82, 2.24) is 19.4 Å². The molecule has 0 bridgehead atoms. The van der Waals surface area contributed by atoms with Crippen LogP contribution in [0.2, 0.25) is 0 Å². The number of H-pyrrole nitrogens is 1. The predicted octanol–water partition coefficient (Wildman–Crippen LogP) is 3.00. The summed E-state index contributed by atoms with van der Waals surface area (Å²) in [7, 11) is 0. The molecule has 4 rings (SSSR count). The number of aryl methyl sites for hydroxylation is 1. The molecule has 6 heteroatoms. The molecule has 0 saturated carbocycles. The van der Waals surface area contributed by atoms with Crippen LogP contribution in [0.25, 0.3) is 11.0 Å². The number of pyridine rings is 1. The van der Waals surface area contributed by atoms with Gasteiger partial charge in [0, 0.05) is 25.4 Å².